The number of pyridine rings is 1. The van der Waals surface area contributed by atoms with Gasteiger partial charge in [-0.1, -0.05) is 25.1 Å². The fourth-order valence-corrected chi connectivity index (χ4v) is 2.37. The predicted molar refractivity (Wildman–Crippen MR) is 86.8 cm³/mol. The zero-order valence-electron chi connectivity index (χ0n) is 12.6. The van der Waals surface area contributed by atoms with Crippen LogP contribution in [-0.4, -0.2) is 21.6 Å². The molecule has 0 fully saturated rings. The third kappa shape index (κ3) is 3.34. The fourth-order valence-electron chi connectivity index (χ4n) is 2.37. The van der Waals surface area contributed by atoms with Crippen molar-refractivity contribution >= 4 is 0 Å². The number of aromatic nitrogens is 3. The van der Waals surface area contributed by atoms with Gasteiger partial charge in [0.15, 0.2) is 0 Å². The molecule has 0 atom stereocenters. The number of para-hydroxylation sites is 1. The van der Waals surface area contributed by atoms with E-state index in [0.29, 0.717) is 6.61 Å². The van der Waals surface area contributed by atoms with E-state index in [1.165, 1.54) is 11.1 Å². The summed E-state index contributed by atoms with van der Waals surface area (Å²) in [6.45, 7) is 2.76. The summed E-state index contributed by atoms with van der Waals surface area (Å²) in [7, 11) is 0. The lowest BCUT2D eigenvalue weighted by atomic mass is 10.1. The topological polar surface area (TPSA) is 50.8 Å². The van der Waals surface area contributed by atoms with Crippen molar-refractivity contribution in [2.75, 3.05) is 6.61 Å². The smallest absolute Gasteiger partial charge is 0.128 e. The fraction of sp³-hybridized carbons (Fsp3) is 0.222. The highest BCUT2D eigenvalue weighted by Gasteiger charge is 2.06. The van der Waals surface area contributed by atoms with E-state index in [-0.39, 0.29) is 0 Å². The molecule has 3 aromatic rings. The molecule has 0 unspecified atom stereocenters. The lowest BCUT2D eigenvalue weighted by molar-refractivity contribution is 0.323. The van der Waals surface area contributed by atoms with Crippen LogP contribution in [0.25, 0.3) is 11.3 Å². The number of hydrogen-bond acceptors (Lipinski definition) is 3. The molecule has 0 spiro atoms. The molecule has 0 aliphatic rings. The molecule has 2 heterocycles. The van der Waals surface area contributed by atoms with E-state index in [1.807, 2.05) is 36.7 Å². The third-order valence-electron chi connectivity index (χ3n) is 3.58. The summed E-state index contributed by atoms with van der Waals surface area (Å²) in [6, 6.07) is 10.2. The summed E-state index contributed by atoms with van der Waals surface area (Å²) in [6.07, 6.45) is 9.15. The summed E-state index contributed by atoms with van der Waals surface area (Å²) in [5.74, 6) is 0.867. The Morgan fingerprint density at radius 2 is 1.91 bits per heavy atom. The quantitative estimate of drug-likeness (QED) is 0.754. The second kappa shape index (κ2) is 6.89. The minimum Gasteiger partial charge on any atom is -0.493 e. The number of benzene rings is 1. The molecule has 2 aromatic heterocycles. The van der Waals surface area contributed by atoms with Crippen molar-refractivity contribution in [1.82, 2.24) is 15.0 Å². The van der Waals surface area contributed by atoms with E-state index in [4.69, 9.17) is 4.74 Å². The van der Waals surface area contributed by atoms with Gasteiger partial charge < -0.3 is 9.72 Å². The molecule has 0 bridgehead atoms. The van der Waals surface area contributed by atoms with Crippen molar-refractivity contribution in [3.05, 3.63) is 66.4 Å². The van der Waals surface area contributed by atoms with Crippen LogP contribution in [0.1, 0.15) is 18.1 Å². The number of nitrogens with one attached hydrogen (secondary N) is 1. The van der Waals surface area contributed by atoms with Gasteiger partial charge in [-0.15, -0.1) is 0 Å². The van der Waals surface area contributed by atoms with Gasteiger partial charge in [0.05, 0.1) is 24.8 Å². The number of ether oxygens (including phenoxy) is 1. The zero-order valence-corrected chi connectivity index (χ0v) is 12.6. The second-order valence-electron chi connectivity index (χ2n) is 5.11. The van der Waals surface area contributed by atoms with Gasteiger partial charge in [-0.25, -0.2) is 4.98 Å². The van der Waals surface area contributed by atoms with Gasteiger partial charge in [0.1, 0.15) is 5.75 Å². The molecular formula is C18H19N3O. The summed E-state index contributed by atoms with van der Waals surface area (Å²) in [5.41, 5.74) is 4.46. The Hall–Kier alpha value is -2.62. The Labute approximate surface area is 130 Å². The van der Waals surface area contributed by atoms with Crippen LogP contribution in [0, 0.1) is 0 Å². The van der Waals surface area contributed by atoms with E-state index in [9.17, 15) is 0 Å². The molecular weight excluding hydrogens is 274 g/mol. The van der Waals surface area contributed by atoms with E-state index in [1.54, 1.807) is 12.5 Å². The lowest BCUT2D eigenvalue weighted by Crippen LogP contribution is -2.03. The highest BCUT2D eigenvalue weighted by Crippen LogP contribution is 2.27. The van der Waals surface area contributed by atoms with Gasteiger partial charge in [0.25, 0.3) is 0 Å². The molecule has 4 heteroatoms. The molecule has 1 aromatic carbocycles. The largest absolute Gasteiger partial charge is 0.493 e. The number of aromatic amines is 1. The van der Waals surface area contributed by atoms with Crippen LogP contribution >= 0.6 is 0 Å². The monoisotopic (exact) mass is 293 g/mol. The average Bonchev–Trinajstić information content (AvgIpc) is 3.10. The van der Waals surface area contributed by atoms with Crippen molar-refractivity contribution in [3.8, 4) is 17.0 Å². The second-order valence-corrected chi connectivity index (χ2v) is 5.11. The maximum absolute atomic E-state index is 5.96. The standard InChI is InChI=1S/C18H19N3O/c1-2-14-9-15(11-19-10-14)7-8-22-18-6-4-3-5-16(18)17-12-20-13-21-17/h3-6,9-13H,2,7-8H2,1H3,(H,20,21). The van der Waals surface area contributed by atoms with Crippen molar-refractivity contribution in [2.24, 2.45) is 0 Å². The number of H-pyrrole nitrogens is 1. The van der Waals surface area contributed by atoms with Crippen molar-refractivity contribution in [1.29, 1.82) is 0 Å². The van der Waals surface area contributed by atoms with Crippen LogP contribution in [0.2, 0.25) is 0 Å². The SMILES string of the molecule is CCc1cncc(CCOc2ccccc2-c2cnc[nH]2)c1. The van der Waals surface area contributed by atoms with Crippen molar-refractivity contribution < 1.29 is 4.74 Å². The van der Waals surface area contributed by atoms with Crippen molar-refractivity contribution in [2.45, 2.75) is 19.8 Å². The number of imidazole rings is 1. The summed E-state index contributed by atoms with van der Waals surface area (Å²) >= 11 is 0. The van der Waals surface area contributed by atoms with Crippen LogP contribution in [0.15, 0.2) is 55.2 Å². The van der Waals surface area contributed by atoms with Gasteiger partial charge in [-0.3, -0.25) is 4.98 Å². The summed E-state index contributed by atoms with van der Waals surface area (Å²) in [4.78, 5) is 11.5. The molecule has 0 amide bonds. The molecule has 0 aliphatic carbocycles. The highest BCUT2D eigenvalue weighted by atomic mass is 16.5. The minimum absolute atomic E-state index is 0.625. The minimum atomic E-state index is 0.625. The predicted octanol–water partition coefficient (Wildman–Crippen LogP) is 3.66. The third-order valence-corrected chi connectivity index (χ3v) is 3.58. The van der Waals surface area contributed by atoms with E-state index >= 15 is 0 Å². The van der Waals surface area contributed by atoms with E-state index < -0.39 is 0 Å². The molecule has 4 nitrogen and oxygen atoms in total. The molecule has 22 heavy (non-hydrogen) atoms. The summed E-state index contributed by atoms with van der Waals surface area (Å²) < 4.78 is 5.96. The van der Waals surface area contributed by atoms with E-state index in [2.05, 4.69) is 27.9 Å². The van der Waals surface area contributed by atoms with Gasteiger partial charge in [0, 0.05) is 24.4 Å². The van der Waals surface area contributed by atoms with Crippen LogP contribution in [0.3, 0.4) is 0 Å². The Morgan fingerprint density at radius 1 is 1.05 bits per heavy atom. The zero-order chi connectivity index (χ0) is 15.2. The number of nitrogens with zero attached hydrogens (tertiary/aromatic N) is 2. The molecule has 3 rings (SSSR count). The molecule has 0 saturated carbocycles. The molecule has 1 N–H and O–H groups in total. The average molecular weight is 293 g/mol. The first-order valence-corrected chi connectivity index (χ1v) is 7.50. The molecule has 0 radical (unpaired) electrons. The van der Waals surface area contributed by atoms with Crippen LogP contribution in [-0.2, 0) is 12.8 Å². The molecule has 0 saturated heterocycles. The van der Waals surface area contributed by atoms with Gasteiger partial charge in [0.2, 0.25) is 0 Å². The van der Waals surface area contributed by atoms with Crippen LogP contribution < -0.4 is 4.74 Å². The summed E-state index contributed by atoms with van der Waals surface area (Å²) in [5, 5.41) is 0. The van der Waals surface area contributed by atoms with Crippen LogP contribution in [0.4, 0.5) is 0 Å². The Bertz CT molecular complexity index is 723. The number of rotatable bonds is 6. The van der Waals surface area contributed by atoms with Crippen LogP contribution in [0.5, 0.6) is 5.75 Å². The van der Waals surface area contributed by atoms with E-state index in [0.717, 1.165) is 29.8 Å². The normalized spacial score (nSPS) is 10.6. The lowest BCUT2D eigenvalue weighted by Gasteiger charge is -2.10. The first-order valence-electron chi connectivity index (χ1n) is 7.50. The first kappa shape index (κ1) is 14.3. The van der Waals surface area contributed by atoms with Crippen molar-refractivity contribution in [3.63, 3.8) is 0 Å². The number of hydrogen-bond donors (Lipinski definition) is 1. The molecule has 112 valence electrons. The van der Waals surface area contributed by atoms with Gasteiger partial charge in [-0.2, -0.15) is 0 Å². The Balaban J connectivity index is 1.67. The highest BCUT2D eigenvalue weighted by molar-refractivity contribution is 5.66. The first-order chi connectivity index (χ1) is 10.9. The number of aryl methyl sites for hydroxylation is 1. The maximum Gasteiger partial charge on any atom is 0.128 e. The maximum atomic E-state index is 5.96. The Morgan fingerprint density at radius 3 is 2.73 bits per heavy atom. The van der Waals surface area contributed by atoms with Gasteiger partial charge in [-0.05, 0) is 29.7 Å². The Kier molecular flexibility index (Phi) is 4.49. The van der Waals surface area contributed by atoms with Gasteiger partial charge >= 0.3 is 0 Å². The molecule has 0 aliphatic heterocycles.